The molecule has 0 spiro atoms. The number of urea groups is 1. The van der Waals surface area contributed by atoms with Gasteiger partial charge in [0.1, 0.15) is 6.04 Å². The lowest BCUT2D eigenvalue weighted by atomic mass is 10.1. The van der Waals surface area contributed by atoms with E-state index < -0.39 is 0 Å². The van der Waals surface area contributed by atoms with Gasteiger partial charge in [-0.3, -0.25) is 0 Å². The number of anilines is 1. The number of hydrogen-bond donors (Lipinski definition) is 1. The van der Waals surface area contributed by atoms with Crippen molar-refractivity contribution in [2.45, 2.75) is 32.7 Å². The van der Waals surface area contributed by atoms with Crippen molar-refractivity contribution in [1.82, 2.24) is 15.0 Å². The Hall–Kier alpha value is -2.86. The van der Waals surface area contributed by atoms with Crippen molar-refractivity contribution in [3.8, 4) is 11.4 Å². The van der Waals surface area contributed by atoms with Crippen LogP contribution < -0.4 is 5.32 Å². The average Bonchev–Trinajstić information content (AvgIpc) is 3.33. The van der Waals surface area contributed by atoms with Crippen molar-refractivity contribution >= 4 is 23.3 Å². The fourth-order valence-corrected chi connectivity index (χ4v) is 3.76. The van der Waals surface area contributed by atoms with E-state index >= 15 is 0 Å². The second kappa shape index (κ2) is 7.64. The molecule has 7 heteroatoms. The van der Waals surface area contributed by atoms with Crippen molar-refractivity contribution in [3.63, 3.8) is 0 Å². The third-order valence-electron chi connectivity index (χ3n) is 4.99. The van der Waals surface area contributed by atoms with Crippen molar-refractivity contribution in [2.24, 2.45) is 0 Å². The molecule has 1 aliphatic rings. The van der Waals surface area contributed by atoms with Crippen molar-refractivity contribution in [2.75, 3.05) is 11.9 Å². The minimum Gasteiger partial charge on any atom is -0.337 e. The summed E-state index contributed by atoms with van der Waals surface area (Å²) >= 11 is 6.25. The number of likely N-dealkylation sites (tertiary alicyclic amines) is 1. The van der Waals surface area contributed by atoms with Gasteiger partial charge in [-0.1, -0.05) is 47.1 Å². The molecule has 1 aliphatic heterocycles. The van der Waals surface area contributed by atoms with E-state index in [1.807, 2.05) is 56.3 Å². The number of aryl methyl sites for hydroxylation is 2. The summed E-state index contributed by atoms with van der Waals surface area (Å²) in [5, 5.41) is 7.54. The lowest BCUT2D eigenvalue weighted by Crippen LogP contribution is -2.34. The zero-order valence-electron chi connectivity index (χ0n) is 15.8. The van der Waals surface area contributed by atoms with Crippen LogP contribution in [-0.4, -0.2) is 27.6 Å². The van der Waals surface area contributed by atoms with Crippen LogP contribution in [0.3, 0.4) is 0 Å². The van der Waals surface area contributed by atoms with Crippen LogP contribution in [0, 0.1) is 13.8 Å². The normalized spacial score (nSPS) is 16.4. The van der Waals surface area contributed by atoms with E-state index in [0.717, 1.165) is 29.5 Å². The predicted octanol–water partition coefficient (Wildman–Crippen LogP) is 5.38. The lowest BCUT2D eigenvalue weighted by molar-refractivity contribution is 0.193. The maximum Gasteiger partial charge on any atom is 0.322 e. The lowest BCUT2D eigenvalue weighted by Gasteiger charge is -2.22. The molecule has 2 amide bonds. The number of carbonyl (C=O) groups is 1. The highest BCUT2D eigenvalue weighted by molar-refractivity contribution is 6.33. The molecule has 28 heavy (non-hydrogen) atoms. The van der Waals surface area contributed by atoms with Crippen LogP contribution in [0.4, 0.5) is 10.5 Å². The van der Waals surface area contributed by atoms with Crippen molar-refractivity contribution in [3.05, 3.63) is 64.5 Å². The Morgan fingerprint density at radius 1 is 1.25 bits per heavy atom. The summed E-state index contributed by atoms with van der Waals surface area (Å²) in [4.78, 5) is 19.1. The Balaban J connectivity index is 1.54. The van der Waals surface area contributed by atoms with E-state index in [4.69, 9.17) is 16.1 Å². The van der Waals surface area contributed by atoms with Gasteiger partial charge in [0.25, 0.3) is 0 Å². The molecule has 0 aliphatic carbocycles. The summed E-state index contributed by atoms with van der Waals surface area (Å²) in [5.74, 6) is 1.00. The SMILES string of the molecule is Cc1ccc(NC(=O)N2CCC[C@H]2c2nc(-c3ccccc3C)no2)c(Cl)c1. The minimum absolute atomic E-state index is 0.219. The molecular formula is C21H21ClN4O2. The van der Waals surface area contributed by atoms with Gasteiger partial charge in [-0.25, -0.2) is 4.79 Å². The second-order valence-corrected chi connectivity index (χ2v) is 7.44. The molecule has 4 rings (SSSR count). The molecule has 2 heterocycles. The standard InChI is InChI=1S/C21H21ClN4O2/c1-13-9-10-17(16(22)12-13)23-21(27)26-11-5-8-18(26)20-24-19(25-28-20)15-7-4-3-6-14(15)2/h3-4,6-7,9-10,12,18H,5,8,11H2,1-2H3,(H,23,27)/t18-/m0/s1. The van der Waals surface area contributed by atoms with Crippen molar-refractivity contribution in [1.29, 1.82) is 0 Å². The van der Waals surface area contributed by atoms with Gasteiger partial charge in [0.05, 0.1) is 10.7 Å². The van der Waals surface area contributed by atoms with Crippen LogP contribution in [-0.2, 0) is 0 Å². The number of rotatable bonds is 3. The zero-order chi connectivity index (χ0) is 19.7. The van der Waals surface area contributed by atoms with Crippen LogP contribution in [0.25, 0.3) is 11.4 Å². The summed E-state index contributed by atoms with van der Waals surface area (Å²) in [7, 11) is 0. The van der Waals surface area contributed by atoms with E-state index in [1.165, 1.54) is 0 Å². The number of benzene rings is 2. The van der Waals surface area contributed by atoms with Crippen LogP contribution in [0.5, 0.6) is 0 Å². The summed E-state index contributed by atoms with van der Waals surface area (Å²) in [6, 6.07) is 13.0. The molecule has 0 bridgehead atoms. The molecule has 6 nitrogen and oxygen atoms in total. The van der Waals surface area contributed by atoms with Gasteiger partial charge < -0.3 is 14.7 Å². The van der Waals surface area contributed by atoms with Gasteiger partial charge in [0, 0.05) is 12.1 Å². The van der Waals surface area contributed by atoms with Gasteiger partial charge in [-0.2, -0.15) is 4.98 Å². The molecule has 1 aromatic heterocycles. The van der Waals surface area contributed by atoms with Gasteiger partial charge in [0.15, 0.2) is 0 Å². The molecular weight excluding hydrogens is 376 g/mol. The fourth-order valence-electron chi connectivity index (χ4n) is 3.48. The highest BCUT2D eigenvalue weighted by Crippen LogP contribution is 2.33. The number of amides is 2. The van der Waals surface area contributed by atoms with Crippen molar-refractivity contribution < 1.29 is 9.32 Å². The number of nitrogens with one attached hydrogen (secondary N) is 1. The monoisotopic (exact) mass is 396 g/mol. The molecule has 1 fully saturated rings. The molecule has 0 radical (unpaired) electrons. The molecule has 1 atom stereocenters. The Kier molecular flexibility index (Phi) is 5.05. The van der Waals surface area contributed by atoms with Crippen LogP contribution >= 0.6 is 11.6 Å². The van der Waals surface area contributed by atoms with E-state index in [9.17, 15) is 4.79 Å². The second-order valence-electron chi connectivity index (χ2n) is 7.04. The molecule has 0 saturated carbocycles. The summed E-state index contributed by atoms with van der Waals surface area (Å²) in [6.07, 6.45) is 1.66. The maximum atomic E-state index is 12.8. The first-order valence-corrected chi connectivity index (χ1v) is 9.64. The number of aromatic nitrogens is 2. The third kappa shape index (κ3) is 3.60. The van der Waals surface area contributed by atoms with E-state index in [-0.39, 0.29) is 12.1 Å². The molecule has 1 saturated heterocycles. The summed E-state index contributed by atoms with van der Waals surface area (Å²) < 4.78 is 5.52. The van der Waals surface area contributed by atoms with Crippen LogP contribution in [0.15, 0.2) is 47.0 Å². The molecule has 144 valence electrons. The average molecular weight is 397 g/mol. The topological polar surface area (TPSA) is 71.3 Å². The zero-order valence-corrected chi connectivity index (χ0v) is 16.5. The molecule has 0 unspecified atom stereocenters. The predicted molar refractivity (Wildman–Crippen MR) is 108 cm³/mol. The third-order valence-corrected chi connectivity index (χ3v) is 5.31. The first-order chi connectivity index (χ1) is 13.5. The Morgan fingerprint density at radius 3 is 2.86 bits per heavy atom. The smallest absolute Gasteiger partial charge is 0.322 e. The number of halogens is 1. The Bertz CT molecular complexity index is 1020. The van der Waals surface area contributed by atoms with Gasteiger partial charge in [0.2, 0.25) is 11.7 Å². The van der Waals surface area contributed by atoms with Gasteiger partial charge in [-0.05, 0) is 49.9 Å². The molecule has 2 aromatic carbocycles. The summed E-state index contributed by atoms with van der Waals surface area (Å²) in [6.45, 7) is 4.59. The Labute approximate surface area is 168 Å². The summed E-state index contributed by atoms with van der Waals surface area (Å²) in [5.41, 5.74) is 3.63. The highest BCUT2D eigenvalue weighted by atomic mass is 35.5. The van der Waals surface area contributed by atoms with E-state index in [0.29, 0.717) is 29.0 Å². The maximum absolute atomic E-state index is 12.8. The first kappa shape index (κ1) is 18.5. The number of carbonyl (C=O) groups excluding carboxylic acids is 1. The largest absolute Gasteiger partial charge is 0.337 e. The van der Waals surface area contributed by atoms with Gasteiger partial charge in [-0.15, -0.1) is 0 Å². The Morgan fingerprint density at radius 2 is 2.07 bits per heavy atom. The van der Waals surface area contributed by atoms with Crippen LogP contribution in [0.2, 0.25) is 5.02 Å². The number of hydrogen-bond acceptors (Lipinski definition) is 4. The fraction of sp³-hybridized carbons (Fsp3) is 0.286. The van der Waals surface area contributed by atoms with E-state index in [1.54, 1.807) is 4.90 Å². The van der Waals surface area contributed by atoms with Crippen LogP contribution in [0.1, 0.15) is 35.9 Å². The van der Waals surface area contributed by atoms with E-state index in [2.05, 4.69) is 15.5 Å². The van der Waals surface area contributed by atoms with Gasteiger partial charge >= 0.3 is 6.03 Å². The number of nitrogens with zero attached hydrogens (tertiary/aromatic N) is 3. The quantitative estimate of drug-likeness (QED) is 0.645. The highest BCUT2D eigenvalue weighted by Gasteiger charge is 2.34. The molecule has 1 N–H and O–H groups in total. The minimum atomic E-state index is -0.241. The molecule has 3 aromatic rings. The first-order valence-electron chi connectivity index (χ1n) is 9.26.